The number of rotatable bonds is 2. The van der Waals surface area contributed by atoms with E-state index >= 15 is 0 Å². The van der Waals surface area contributed by atoms with Gasteiger partial charge < -0.3 is 0 Å². The van der Waals surface area contributed by atoms with Gasteiger partial charge in [0.25, 0.3) is 0 Å². The zero-order chi connectivity index (χ0) is 22.2. The maximum absolute atomic E-state index is 2.47. The third-order valence-electron chi connectivity index (χ3n) is 7.73. The molecule has 6 rings (SSSR count). The van der Waals surface area contributed by atoms with E-state index in [-0.39, 0.29) is 5.41 Å². The van der Waals surface area contributed by atoms with Gasteiger partial charge in [-0.3, -0.25) is 0 Å². The highest BCUT2D eigenvalue weighted by Gasteiger charge is 2.39. The van der Waals surface area contributed by atoms with Crippen LogP contribution in [0, 0.1) is 6.92 Å². The first-order valence-corrected chi connectivity index (χ1v) is 11.9. The van der Waals surface area contributed by atoms with Crippen molar-refractivity contribution in [2.75, 3.05) is 0 Å². The van der Waals surface area contributed by atoms with Crippen LogP contribution in [0.2, 0.25) is 0 Å². The molecule has 32 heavy (non-hydrogen) atoms. The third-order valence-corrected chi connectivity index (χ3v) is 7.73. The number of hydrogen-bond donors (Lipinski definition) is 0. The summed E-state index contributed by atoms with van der Waals surface area (Å²) >= 11 is 0. The van der Waals surface area contributed by atoms with Crippen molar-refractivity contribution >= 4 is 0 Å². The monoisotopic (exact) mass is 414 g/mol. The Hall–Kier alpha value is -3.12. The summed E-state index contributed by atoms with van der Waals surface area (Å²) in [6.07, 6.45) is 1.05. The van der Waals surface area contributed by atoms with Gasteiger partial charge in [0, 0.05) is 5.41 Å². The zero-order valence-electron chi connectivity index (χ0n) is 19.7. The van der Waals surface area contributed by atoms with Crippen molar-refractivity contribution in [2.24, 2.45) is 0 Å². The third kappa shape index (κ3) is 2.62. The Labute approximate surface area is 192 Å². The molecule has 0 amide bonds. The first-order valence-electron chi connectivity index (χ1n) is 11.9. The lowest BCUT2D eigenvalue weighted by Crippen LogP contribution is -2.15. The van der Waals surface area contributed by atoms with E-state index < -0.39 is 0 Å². The van der Waals surface area contributed by atoms with Crippen LogP contribution >= 0.6 is 0 Å². The van der Waals surface area contributed by atoms with Crippen LogP contribution in [0.5, 0.6) is 0 Å². The molecular weight excluding hydrogens is 384 g/mol. The Morgan fingerprint density at radius 3 is 2.28 bits per heavy atom. The van der Waals surface area contributed by atoms with Gasteiger partial charge >= 0.3 is 0 Å². The Bertz CT molecular complexity index is 1400. The topological polar surface area (TPSA) is 0 Å². The van der Waals surface area contributed by atoms with Crippen LogP contribution in [0.15, 0.2) is 72.8 Å². The maximum Gasteiger partial charge on any atom is 0.0159 e. The highest BCUT2D eigenvalue weighted by molar-refractivity contribution is 5.97. The smallest absolute Gasteiger partial charge is 0.0159 e. The molecular formula is C32H30. The summed E-state index contributed by atoms with van der Waals surface area (Å²) in [7, 11) is 0. The van der Waals surface area contributed by atoms with Gasteiger partial charge in [0.15, 0.2) is 0 Å². The molecule has 0 saturated carbocycles. The van der Waals surface area contributed by atoms with E-state index in [0.717, 1.165) is 6.42 Å². The molecule has 2 aliphatic carbocycles. The lowest BCUT2D eigenvalue weighted by Gasteiger charge is -2.23. The molecule has 0 aromatic heterocycles. The second-order valence-corrected chi connectivity index (χ2v) is 10.5. The van der Waals surface area contributed by atoms with Gasteiger partial charge in [-0.2, -0.15) is 0 Å². The predicted octanol–water partition coefficient (Wildman–Crippen LogP) is 8.66. The van der Waals surface area contributed by atoms with Crippen LogP contribution in [-0.2, 0) is 11.8 Å². The molecule has 0 heterocycles. The largest absolute Gasteiger partial charge is 0.0619 e. The van der Waals surface area contributed by atoms with Crippen LogP contribution in [0.4, 0.5) is 0 Å². The average Bonchev–Trinajstić information content (AvgIpc) is 3.26. The summed E-state index contributed by atoms with van der Waals surface area (Å²) in [4.78, 5) is 0. The van der Waals surface area contributed by atoms with Crippen molar-refractivity contribution in [2.45, 2.75) is 52.4 Å². The first-order chi connectivity index (χ1) is 15.4. The van der Waals surface area contributed by atoms with Gasteiger partial charge in [-0.15, -0.1) is 0 Å². The highest BCUT2D eigenvalue weighted by Crippen LogP contribution is 2.55. The average molecular weight is 415 g/mol. The van der Waals surface area contributed by atoms with E-state index in [2.05, 4.69) is 107 Å². The zero-order valence-corrected chi connectivity index (χ0v) is 19.7. The highest BCUT2D eigenvalue weighted by atomic mass is 14.4. The minimum Gasteiger partial charge on any atom is -0.0619 e. The summed E-state index contributed by atoms with van der Waals surface area (Å²) in [5, 5.41) is 0. The SMILES string of the molecule is Cc1ccc(-c2ccc3c(c2)C(C)(C)c2ccc4c(c2-3)-c2ccccc2C4)c(C(C)C)c1. The van der Waals surface area contributed by atoms with E-state index in [4.69, 9.17) is 0 Å². The lowest BCUT2D eigenvalue weighted by atomic mass is 9.80. The van der Waals surface area contributed by atoms with Crippen molar-refractivity contribution in [1.82, 2.24) is 0 Å². The van der Waals surface area contributed by atoms with Crippen molar-refractivity contribution in [3.63, 3.8) is 0 Å². The second-order valence-electron chi connectivity index (χ2n) is 10.5. The van der Waals surface area contributed by atoms with Crippen LogP contribution in [-0.4, -0.2) is 0 Å². The molecule has 0 bridgehead atoms. The molecule has 0 saturated heterocycles. The summed E-state index contributed by atoms with van der Waals surface area (Å²) in [6, 6.07) is 27.8. The Balaban J connectivity index is 1.59. The number of benzene rings is 4. The van der Waals surface area contributed by atoms with Crippen molar-refractivity contribution in [3.8, 4) is 33.4 Å². The fourth-order valence-corrected chi connectivity index (χ4v) is 6.04. The van der Waals surface area contributed by atoms with Crippen LogP contribution in [0.25, 0.3) is 33.4 Å². The van der Waals surface area contributed by atoms with E-state index in [1.54, 1.807) is 0 Å². The molecule has 0 radical (unpaired) electrons. The fraction of sp³-hybridized carbons (Fsp3) is 0.250. The van der Waals surface area contributed by atoms with E-state index in [1.165, 1.54) is 66.8 Å². The van der Waals surface area contributed by atoms with Crippen LogP contribution in [0.1, 0.15) is 67.0 Å². The number of hydrogen-bond acceptors (Lipinski definition) is 0. The van der Waals surface area contributed by atoms with Gasteiger partial charge in [0.1, 0.15) is 0 Å². The van der Waals surface area contributed by atoms with Gasteiger partial charge in [-0.1, -0.05) is 100.0 Å². The first kappa shape index (κ1) is 19.6. The molecule has 0 unspecified atom stereocenters. The summed E-state index contributed by atoms with van der Waals surface area (Å²) in [5.41, 5.74) is 17.1. The maximum atomic E-state index is 2.47. The standard InChI is InChI=1S/C32H30/c1-19(2)27-16-20(3)10-13-24(27)22-11-14-26-29(18-22)32(4,5)28-15-12-23-17-21-8-6-7-9-25(21)30(23)31(26)28/h6-16,18-19H,17H2,1-5H3. The van der Waals surface area contributed by atoms with Gasteiger partial charge in [-0.05, 0) is 86.5 Å². The van der Waals surface area contributed by atoms with Crippen LogP contribution < -0.4 is 0 Å². The Kier molecular flexibility index (Phi) is 4.09. The van der Waals surface area contributed by atoms with Crippen LogP contribution in [0.3, 0.4) is 0 Å². The van der Waals surface area contributed by atoms with Crippen molar-refractivity contribution < 1.29 is 0 Å². The summed E-state index contributed by atoms with van der Waals surface area (Å²) < 4.78 is 0. The minimum absolute atomic E-state index is 0.00404. The normalized spacial score (nSPS) is 14.8. The van der Waals surface area contributed by atoms with Crippen molar-refractivity contribution in [3.05, 3.63) is 106 Å². The molecule has 0 spiro atoms. The lowest BCUT2D eigenvalue weighted by molar-refractivity contribution is 0.660. The minimum atomic E-state index is -0.00404. The van der Waals surface area contributed by atoms with E-state index in [1.807, 2.05) is 0 Å². The molecule has 0 nitrogen and oxygen atoms in total. The molecule has 0 aliphatic heterocycles. The van der Waals surface area contributed by atoms with Gasteiger partial charge in [-0.25, -0.2) is 0 Å². The molecule has 0 fully saturated rings. The number of fused-ring (bicyclic) bond motifs is 7. The molecule has 0 N–H and O–H groups in total. The van der Waals surface area contributed by atoms with Gasteiger partial charge in [0.05, 0.1) is 0 Å². The number of aryl methyl sites for hydroxylation is 1. The molecule has 2 aliphatic rings. The van der Waals surface area contributed by atoms with Crippen molar-refractivity contribution in [1.29, 1.82) is 0 Å². The Morgan fingerprint density at radius 2 is 1.47 bits per heavy atom. The molecule has 0 heteroatoms. The summed E-state index contributed by atoms with van der Waals surface area (Å²) in [6.45, 7) is 11.6. The van der Waals surface area contributed by atoms with E-state index in [9.17, 15) is 0 Å². The van der Waals surface area contributed by atoms with E-state index in [0.29, 0.717) is 5.92 Å². The molecule has 0 atom stereocenters. The Morgan fingerprint density at radius 1 is 0.688 bits per heavy atom. The molecule has 4 aromatic carbocycles. The summed E-state index contributed by atoms with van der Waals surface area (Å²) in [5.74, 6) is 0.503. The molecule has 4 aromatic rings. The fourth-order valence-electron chi connectivity index (χ4n) is 6.04. The predicted molar refractivity (Wildman–Crippen MR) is 137 cm³/mol. The molecule has 158 valence electrons. The van der Waals surface area contributed by atoms with Gasteiger partial charge in [0.2, 0.25) is 0 Å². The quantitative estimate of drug-likeness (QED) is 0.271. The second kappa shape index (κ2) is 6.69.